The number of ether oxygens (including phenoxy) is 2. The predicted octanol–water partition coefficient (Wildman–Crippen LogP) is 1.32. The van der Waals surface area contributed by atoms with Gasteiger partial charge in [0.25, 0.3) is 0 Å². The van der Waals surface area contributed by atoms with E-state index in [0.717, 1.165) is 13.1 Å². The predicted molar refractivity (Wildman–Crippen MR) is 60.8 cm³/mol. The summed E-state index contributed by atoms with van der Waals surface area (Å²) in [6, 6.07) is 3.99. The molecule has 1 aliphatic rings. The Labute approximate surface area is 96.0 Å². The normalized spacial score (nSPS) is 23.5. The van der Waals surface area contributed by atoms with Crippen molar-refractivity contribution in [3.63, 3.8) is 0 Å². The number of nitrogens with one attached hydrogen (secondary N) is 1. The molecular weight excluding hydrogens is 204 g/mol. The van der Waals surface area contributed by atoms with E-state index in [9.17, 15) is 0 Å². The van der Waals surface area contributed by atoms with Crippen molar-refractivity contribution in [3.8, 4) is 0 Å². The van der Waals surface area contributed by atoms with Crippen LogP contribution in [-0.2, 0) is 16.0 Å². The van der Waals surface area contributed by atoms with Crippen LogP contribution in [0.4, 0.5) is 0 Å². The molecule has 0 aliphatic carbocycles. The minimum atomic E-state index is -0.430. The first kappa shape index (κ1) is 11.5. The standard InChI is InChI=1S/C12H18N2O2/c1-12(2)15-9-11(16-12)8-14-7-10-4-3-5-13-6-10/h3-6,11,14H,7-9H2,1-2H3/t11-/m1/s1. The van der Waals surface area contributed by atoms with Crippen LogP contribution in [0.1, 0.15) is 19.4 Å². The first-order chi connectivity index (χ1) is 7.66. The van der Waals surface area contributed by atoms with Gasteiger partial charge in [0.05, 0.1) is 12.7 Å². The van der Waals surface area contributed by atoms with E-state index in [-0.39, 0.29) is 6.10 Å². The number of pyridine rings is 1. The van der Waals surface area contributed by atoms with Crippen LogP contribution in [0, 0.1) is 0 Å². The van der Waals surface area contributed by atoms with E-state index in [0.29, 0.717) is 6.61 Å². The van der Waals surface area contributed by atoms with Crippen molar-refractivity contribution in [1.29, 1.82) is 0 Å². The Kier molecular flexibility index (Phi) is 3.53. The SMILES string of the molecule is CC1(C)OC[C@@H](CNCc2cccnc2)O1. The lowest BCUT2D eigenvalue weighted by molar-refractivity contribution is -0.137. The van der Waals surface area contributed by atoms with Crippen molar-refractivity contribution in [2.24, 2.45) is 0 Å². The highest BCUT2D eigenvalue weighted by Crippen LogP contribution is 2.21. The molecule has 0 bridgehead atoms. The summed E-state index contributed by atoms with van der Waals surface area (Å²) in [6.07, 6.45) is 3.79. The van der Waals surface area contributed by atoms with Gasteiger partial charge in [-0.15, -0.1) is 0 Å². The zero-order chi connectivity index (χ0) is 11.4. The Hall–Kier alpha value is -0.970. The summed E-state index contributed by atoms with van der Waals surface area (Å²) >= 11 is 0. The number of rotatable bonds is 4. The third-order valence-corrected chi connectivity index (χ3v) is 2.49. The van der Waals surface area contributed by atoms with Gasteiger partial charge in [-0.25, -0.2) is 0 Å². The zero-order valence-electron chi connectivity index (χ0n) is 9.77. The molecule has 1 fully saturated rings. The maximum absolute atomic E-state index is 5.69. The molecule has 0 unspecified atom stereocenters. The molecule has 1 atom stereocenters. The highest BCUT2D eigenvalue weighted by molar-refractivity contribution is 5.07. The van der Waals surface area contributed by atoms with Crippen LogP contribution in [0.25, 0.3) is 0 Å². The molecule has 2 rings (SSSR count). The maximum Gasteiger partial charge on any atom is 0.163 e. The number of nitrogens with zero attached hydrogens (tertiary/aromatic N) is 1. The molecule has 2 heterocycles. The topological polar surface area (TPSA) is 43.4 Å². The first-order valence-corrected chi connectivity index (χ1v) is 5.57. The van der Waals surface area contributed by atoms with Crippen LogP contribution >= 0.6 is 0 Å². The molecule has 1 aromatic rings. The van der Waals surface area contributed by atoms with Gasteiger partial charge in [0.15, 0.2) is 5.79 Å². The van der Waals surface area contributed by atoms with Gasteiger partial charge >= 0.3 is 0 Å². The second-order valence-corrected chi connectivity index (χ2v) is 4.44. The fourth-order valence-electron chi connectivity index (χ4n) is 1.74. The van der Waals surface area contributed by atoms with Gasteiger partial charge in [0, 0.05) is 25.5 Å². The minimum absolute atomic E-state index is 0.145. The molecule has 1 N–H and O–H groups in total. The Morgan fingerprint density at radius 3 is 3.06 bits per heavy atom. The lowest BCUT2D eigenvalue weighted by Gasteiger charge is -2.17. The Bertz CT molecular complexity index is 327. The van der Waals surface area contributed by atoms with Gasteiger partial charge in [-0.05, 0) is 25.5 Å². The average molecular weight is 222 g/mol. The molecule has 0 saturated carbocycles. The van der Waals surface area contributed by atoms with E-state index in [1.165, 1.54) is 5.56 Å². The third kappa shape index (κ3) is 3.27. The number of hydrogen-bond donors (Lipinski definition) is 1. The molecule has 0 amide bonds. The van der Waals surface area contributed by atoms with Crippen LogP contribution in [0.5, 0.6) is 0 Å². The lowest BCUT2D eigenvalue weighted by atomic mass is 10.3. The van der Waals surface area contributed by atoms with E-state index in [1.54, 1.807) is 6.20 Å². The lowest BCUT2D eigenvalue weighted by Crippen LogP contribution is -2.30. The van der Waals surface area contributed by atoms with Gasteiger partial charge in [-0.3, -0.25) is 4.98 Å². The molecular formula is C12H18N2O2. The van der Waals surface area contributed by atoms with Gasteiger partial charge in [-0.1, -0.05) is 6.07 Å². The van der Waals surface area contributed by atoms with E-state index in [2.05, 4.69) is 16.4 Å². The van der Waals surface area contributed by atoms with E-state index < -0.39 is 5.79 Å². The molecule has 4 nitrogen and oxygen atoms in total. The molecule has 4 heteroatoms. The summed E-state index contributed by atoms with van der Waals surface area (Å²) in [7, 11) is 0. The van der Waals surface area contributed by atoms with Crippen LogP contribution < -0.4 is 5.32 Å². The number of aromatic nitrogens is 1. The second kappa shape index (κ2) is 4.91. The van der Waals surface area contributed by atoms with Crippen molar-refractivity contribution >= 4 is 0 Å². The quantitative estimate of drug-likeness (QED) is 0.834. The van der Waals surface area contributed by atoms with Crippen LogP contribution in [0.3, 0.4) is 0 Å². The monoisotopic (exact) mass is 222 g/mol. The smallest absolute Gasteiger partial charge is 0.163 e. The summed E-state index contributed by atoms with van der Waals surface area (Å²) in [5, 5.41) is 3.34. The molecule has 0 radical (unpaired) electrons. The molecule has 0 spiro atoms. The highest BCUT2D eigenvalue weighted by Gasteiger charge is 2.32. The van der Waals surface area contributed by atoms with Crippen LogP contribution in [0.2, 0.25) is 0 Å². The molecule has 0 aromatic carbocycles. The molecule has 16 heavy (non-hydrogen) atoms. The van der Waals surface area contributed by atoms with Crippen LogP contribution in [0.15, 0.2) is 24.5 Å². The molecule has 88 valence electrons. The van der Waals surface area contributed by atoms with Crippen molar-refractivity contribution in [1.82, 2.24) is 10.3 Å². The highest BCUT2D eigenvalue weighted by atomic mass is 16.7. The van der Waals surface area contributed by atoms with E-state index >= 15 is 0 Å². The summed E-state index contributed by atoms with van der Waals surface area (Å²) in [6.45, 7) is 6.15. The Morgan fingerprint density at radius 1 is 1.56 bits per heavy atom. The van der Waals surface area contributed by atoms with Crippen molar-refractivity contribution < 1.29 is 9.47 Å². The fraction of sp³-hybridized carbons (Fsp3) is 0.583. The summed E-state index contributed by atoms with van der Waals surface area (Å²) in [5.74, 6) is -0.430. The minimum Gasteiger partial charge on any atom is -0.348 e. The van der Waals surface area contributed by atoms with Gasteiger partial charge in [0.2, 0.25) is 0 Å². The second-order valence-electron chi connectivity index (χ2n) is 4.44. The van der Waals surface area contributed by atoms with Gasteiger partial charge < -0.3 is 14.8 Å². The molecule has 1 saturated heterocycles. The number of hydrogen-bond acceptors (Lipinski definition) is 4. The molecule has 1 aliphatic heterocycles. The zero-order valence-corrected chi connectivity index (χ0v) is 9.77. The summed E-state index contributed by atoms with van der Waals surface area (Å²) in [4.78, 5) is 4.06. The largest absolute Gasteiger partial charge is 0.348 e. The summed E-state index contributed by atoms with van der Waals surface area (Å²) in [5.41, 5.74) is 1.18. The fourth-order valence-corrected chi connectivity index (χ4v) is 1.74. The van der Waals surface area contributed by atoms with Crippen molar-refractivity contribution in [2.75, 3.05) is 13.2 Å². The third-order valence-electron chi connectivity index (χ3n) is 2.49. The summed E-state index contributed by atoms with van der Waals surface area (Å²) < 4.78 is 11.2. The van der Waals surface area contributed by atoms with Crippen molar-refractivity contribution in [2.45, 2.75) is 32.3 Å². The maximum atomic E-state index is 5.69. The average Bonchev–Trinajstić information content (AvgIpc) is 2.60. The Balaban J connectivity index is 1.70. The van der Waals surface area contributed by atoms with Crippen molar-refractivity contribution in [3.05, 3.63) is 30.1 Å². The van der Waals surface area contributed by atoms with E-state index in [1.807, 2.05) is 26.1 Å². The first-order valence-electron chi connectivity index (χ1n) is 5.57. The van der Waals surface area contributed by atoms with E-state index in [4.69, 9.17) is 9.47 Å². The molecule has 1 aromatic heterocycles. The van der Waals surface area contributed by atoms with Gasteiger partial charge in [-0.2, -0.15) is 0 Å². The Morgan fingerprint density at radius 2 is 2.44 bits per heavy atom. The van der Waals surface area contributed by atoms with Gasteiger partial charge in [0.1, 0.15) is 0 Å². The van der Waals surface area contributed by atoms with Crippen LogP contribution in [-0.4, -0.2) is 30.0 Å².